The van der Waals surface area contributed by atoms with Crippen molar-refractivity contribution in [3.63, 3.8) is 0 Å². The summed E-state index contributed by atoms with van der Waals surface area (Å²) in [7, 11) is 2.32. The lowest BCUT2D eigenvalue weighted by Crippen LogP contribution is -2.46. The lowest BCUT2D eigenvalue weighted by Gasteiger charge is -2.28. The average molecular weight is 391 g/mol. The number of para-hydroxylation sites is 1. The van der Waals surface area contributed by atoms with Gasteiger partial charge >= 0.3 is 10.2 Å². The largest absolute Gasteiger partial charge is 0.497 e. The Morgan fingerprint density at radius 2 is 1.56 bits per heavy atom. The first-order valence-electron chi connectivity index (χ1n) is 8.38. The van der Waals surface area contributed by atoms with Crippen LogP contribution >= 0.6 is 0 Å². The van der Waals surface area contributed by atoms with E-state index in [2.05, 4.69) is 0 Å². The number of anilines is 1. The first kappa shape index (κ1) is 20.7. The van der Waals surface area contributed by atoms with Gasteiger partial charge in [0.15, 0.2) is 0 Å². The van der Waals surface area contributed by atoms with E-state index < -0.39 is 10.2 Å². The van der Waals surface area contributed by atoms with E-state index >= 15 is 0 Å². The van der Waals surface area contributed by atoms with Gasteiger partial charge in [-0.1, -0.05) is 30.3 Å². The Kier molecular flexibility index (Phi) is 6.81. The molecule has 0 aliphatic carbocycles. The van der Waals surface area contributed by atoms with Gasteiger partial charge in [-0.2, -0.15) is 12.7 Å². The minimum atomic E-state index is -3.80. The lowest BCUT2D eigenvalue weighted by atomic mass is 10.2. The third kappa shape index (κ3) is 5.21. The highest BCUT2D eigenvalue weighted by Crippen LogP contribution is 2.19. The number of carbonyl (C=O) groups is 1. The number of carbonyl (C=O) groups excluding carboxylic acids is 1. The zero-order chi connectivity index (χ0) is 20.0. The molecule has 0 unspecified atom stereocenters. The van der Waals surface area contributed by atoms with E-state index in [9.17, 15) is 13.2 Å². The van der Waals surface area contributed by atoms with Crippen molar-refractivity contribution >= 4 is 21.8 Å². The second-order valence-electron chi connectivity index (χ2n) is 6.23. The van der Waals surface area contributed by atoms with Crippen LogP contribution < -0.4 is 9.04 Å². The van der Waals surface area contributed by atoms with E-state index in [4.69, 9.17) is 4.74 Å². The number of benzene rings is 2. The molecule has 0 bridgehead atoms. The van der Waals surface area contributed by atoms with Gasteiger partial charge in [-0.25, -0.2) is 4.31 Å². The SMILES string of the molecule is COc1ccc(CN(C)C(=O)CN(c2ccccc2)S(=O)(=O)N(C)C)cc1. The van der Waals surface area contributed by atoms with Crippen LogP contribution in [0.25, 0.3) is 0 Å². The van der Waals surface area contributed by atoms with Crippen molar-refractivity contribution in [2.75, 3.05) is 39.1 Å². The summed E-state index contributed by atoms with van der Waals surface area (Å²) in [6.07, 6.45) is 0. The summed E-state index contributed by atoms with van der Waals surface area (Å²) < 4.78 is 32.7. The quantitative estimate of drug-likeness (QED) is 0.690. The summed E-state index contributed by atoms with van der Waals surface area (Å²) >= 11 is 0. The zero-order valence-corrected chi connectivity index (χ0v) is 16.8. The molecule has 2 aromatic rings. The van der Waals surface area contributed by atoms with Crippen molar-refractivity contribution in [3.05, 3.63) is 60.2 Å². The molecule has 0 heterocycles. The van der Waals surface area contributed by atoms with Crippen LogP contribution in [0.1, 0.15) is 5.56 Å². The number of methoxy groups -OCH3 is 1. The molecule has 0 atom stereocenters. The molecule has 0 radical (unpaired) electrons. The second kappa shape index (κ2) is 8.88. The maximum Gasteiger partial charge on any atom is 0.304 e. The zero-order valence-electron chi connectivity index (χ0n) is 16.0. The fourth-order valence-corrected chi connectivity index (χ4v) is 3.49. The second-order valence-corrected chi connectivity index (χ2v) is 8.30. The predicted octanol–water partition coefficient (Wildman–Crippen LogP) is 1.97. The summed E-state index contributed by atoms with van der Waals surface area (Å²) in [5.41, 5.74) is 1.37. The number of hydrogen-bond acceptors (Lipinski definition) is 4. The maximum absolute atomic E-state index is 12.7. The highest BCUT2D eigenvalue weighted by Gasteiger charge is 2.28. The Labute approximate surface area is 160 Å². The van der Waals surface area contributed by atoms with Crippen LogP contribution in [0.5, 0.6) is 5.75 Å². The number of nitrogens with zero attached hydrogens (tertiary/aromatic N) is 3. The molecule has 0 saturated heterocycles. The molecule has 0 aliphatic rings. The van der Waals surface area contributed by atoms with Crippen LogP contribution in [0.3, 0.4) is 0 Å². The topological polar surface area (TPSA) is 70.2 Å². The van der Waals surface area contributed by atoms with Gasteiger partial charge in [-0.15, -0.1) is 0 Å². The number of likely N-dealkylation sites (N-methyl/N-ethyl adjacent to an activating group) is 1. The average Bonchev–Trinajstić information content (AvgIpc) is 2.66. The molecule has 2 rings (SSSR count). The molecule has 0 saturated carbocycles. The van der Waals surface area contributed by atoms with Crippen molar-refractivity contribution in [1.29, 1.82) is 0 Å². The summed E-state index contributed by atoms with van der Waals surface area (Å²) in [4.78, 5) is 14.2. The highest BCUT2D eigenvalue weighted by molar-refractivity contribution is 7.90. The lowest BCUT2D eigenvalue weighted by molar-refractivity contribution is -0.128. The van der Waals surface area contributed by atoms with Crippen molar-refractivity contribution in [1.82, 2.24) is 9.21 Å². The third-order valence-electron chi connectivity index (χ3n) is 4.07. The van der Waals surface area contributed by atoms with E-state index in [1.807, 2.05) is 24.3 Å². The van der Waals surface area contributed by atoms with Crippen LogP contribution in [0.2, 0.25) is 0 Å². The van der Waals surface area contributed by atoms with Gasteiger partial charge in [0.1, 0.15) is 12.3 Å². The number of ether oxygens (including phenoxy) is 1. The van der Waals surface area contributed by atoms with Crippen molar-refractivity contribution in [3.8, 4) is 5.75 Å². The van der Waals surface area contributed by atoms with E-state index in [1.165, 1.54) is 19.0 Å². The first-order valence-corrected chi connectivity index (χ1v) is 9.77. The summed E-state index contributed by atoms with van der Waals surface area (Å²) in [6.45, 7) is 0.0879. The Bertz CT molecular complexity index is 852. The summed E-state index contributed by atoms with van der Waals surface area (Å²) in [6, 6.07) is 16.0. The molecule has 0 aliphatic heterocycles. The van der Waals surface area contributed by atoms with Crippen LogP contribution in [-0.2, 0) is 21.5 Å². The number of amides is 1. The van der Waals surface area contributed by atoms with Gasteiger partial charge in [-0.05, 0) is 29.8 Å². The molecule has 0 spiro atoms. The van der Waals surface area contributed by atoms with Gasteiger partial charge in [0.25, 0.3) is 0 Å². The summed E-state index contributed by atoms with van der Waals surface area (Å²) in [5.74, 6) is 0.431. The van der Waals surface area contributed by atoms with E-state index in [1.54, 1.807) is 44.5 Å². The monoisotopic (exact) mass is 391 g/mol. The minimum absolute atomic E-state index is 0.281. The Hall–Kier alpha value is -2.58. The van der Waals surface area contributed by atoms with E-state index in [-0.39, 0.29) is 12.5 Å². The molecule has 146 valence electrons. The van der Waals surface area contributed by atoms with Crippen LogP contribution in [0.15, 0.2) is 54.6 Å². The maximum atomic E-state index is 12.7. The van der Waals surface area contributed by atoms with Crippen molar-refractivity contribution in [2.24, 2.45) is 0 Å². The molecule has 1 amide bonds. The van der Waals surface area contributed by atoms with Gasteiger partial charge in [-0.3, -0.25) is 4.79 Å². The highest BCUT2D eigenvalue weighted by atomic mass is 32.2. The van der Waals surface area contributed by atoms with Crippen molar-refractivity contribution < 1.29 is 17.9 Å². The molecule has 0 fully saturated rings. The van der Waals surface area contributed by atoms with Gasteiger partial charge in [0, 0.05) is 27.7 Å². The molecule has 0 N–H and O–H groups in total. The molecular formula is C19H25N3O4S. The van der Waals surface area contributed by atoms with Gasteiger partial charge in [0.2, 0.25) is 5.91 Å². The van der Waals surface area contributed by atoms with Crippen LogP contribution in [0.4, 0.5) is 5.69 Å². The van der Waals surface area contributed by atoms with E-state index in [0.717, 1.165) is 19.9 Å². The first-order chi connectivity index (χ1) is 12.8. The Morgan fingerprint density at radius 1 is 0.963 bits per heavy atom. The third-order valence-corrected chi connectivity index (χ3v) is 5.89. The Balaban J connectivity index is 2.17. The summed E-state index contributed by atoms with van der Waals surface area (Å²) in [5, 5.41) is 0. The number of rotatable bonds is 8. The fourth-order valence-electron chi connectivity index (χ4n) is 2.43. The van der Waals surface area contributed by atoms with Gasteiger partial charge in [0.05, 0.1) is 12.8 Å². The number of hydrogen-bond donors (Lipinski definition) is 0. The minimum Gasteiger partial charge on any atom is -0.497 e. The molecule has 27 heavy (non-hydrogen) atoms. The predicted molar refractivity (Wildman–Crippen MR) is 106 cm³/mol. The normalized spacial score (nSPS) is 11.3. The van der Waals surface area contributed by atoms with Crippen LogP contribution in [0, 0.1) is 0 Å². The van der Waals surface area contributed by atoms with Crippen LogP contribution in [-0.4, -0.2) is 58.3 Å². The van der Waals surface area contributed by atoms with Crippen molar-refractivity contribution in [2.45, 2.75) is 6.54 Å². The molecule has 0 aromatic heterocycles. The smallest absolute Gasteiger partial charge is 0.304 e. The molecular weight excluding hydrogens is 366 g/mol. The Morgan fingerprint density at radius 3 is 2.07 bits per heavy atom. The standard InChI is InChI=1S/C19H25N3O4S/c1-20(2)27(24,25)22(17-8-6-5-7-9-17)15-19(23)21(3)14-16-10-12-18(26-4)13-11-16/h5-13H,14-15H2,1-4H3. The molecule has 8 heteroatoms. The molecule has 2 aromatic carbocycles. The molecule has 7 nitrogen and oxygen atoms in total. The fraction of sp³-hybridized carbons (Fsp3) is 0.316. The van der Waals surface area contributed by atoms with E-state index in [0.29, 0.717) is 12.2 Å². The van der Waals surface area contributed by atoms with Gasteiger partial charge < -0.3 is 9.64 Å².